The standard InChI is InChI=1S/C17H30O3/c1-5-13-7-8-16(6-2)9-10-17(18-11-12-19-17)15(3,4)14(16)20-13/h13-14H,5-12H2,1-4H3/t13-,14-,16-/m0/s1. The summed E-state index contributed by atoms with van der Waals surface area (Å²) in [6.07, 6.45) is 7.69. The lowest BCUT2D eigenvalue weighted by molar-refractivity contribution is -0.324. The Kier molecular flexibility index (Phi) is 3.67. The molecule has 0 radical (unpaired) electrons. The maximum atomic E-state index is 6.58. The molecule has 2 aliphatic heterocycles. The number of fused-ring (bicyclic) bond motifs is 1. The van der Waals surface area contributed by atoms with Crippen molar-refractivity contribution in [3.63, 3.8) is 0 Å². The maximum absolute atomic E-state index is 6.58. The van der Waals surface area contributed by atoms with Crippen LogP contribution in [-0.2, 0) is 14.2 Å². The topological polar surface area (TPSA) is 27.7 Å². The minimum atomic E-state index is -0.411. The van der Waals surface area contributed by atoms with Gasteiger partial charge in [0.25, 0.3) is 0 Å². The van der Waals surface area contributed by atoms with Gasteiger partial charge in [-0.15, -0.1) is 0 Å². The van der Waals surface area contributed by atoms with Crippen LogP contribution in [0.4, 0.5) is 0 Å². The molecule has 1 aliphatic carbocycles. The third kappa shape index (κ3) is 1.89. The van der Waals surface area contributed by atoms with Crippen LogP contribution in [0.15, 0.2) is 0 Å². The van der Waals surface area contributed by atoms with Gasteiger partial charge in [0.2, 0.25) is 0 Å². The Morgan fingerprint density at radius 2 is 1.70 bits per heavy atom. The van der Waals surface area contributed by atoms with Gasteiger partial charge in [0.05, 0.1) is 25.4 Å². The molecule has 20 heavy (non-hydrogen) atoms. The first kappa shape index (κ1) is 14.8. The van der Waals surface area contributed by atoms with E-state index in [-0.39, 0.29) is 11.5 Å². The maximum Gasteiger partial charge on any atom is 0.176 e. The lowest BCUT2D eigenvalue weighted by atomic mass is 9.54. The number of hydrogen-bond donors (Lipinski definition) is 0. The van der Waals surface area contributed by atoms with E-state index in [0.717, 1.165) is 26.1 Å². The molecule has 0 unspecified atom stereocenters. The van der Waals surface area contributed by atoms with Crippen LogP contribution in [0.25, 0.3) is 0 Å². The molecule has 2 heterocycles. The lowest BCUT2D eigenvalue weighted by Gasteiger charge is -2.61. The molecule has 0 amide bonds. The van der Waals surface area contributed by atoms with Crippen molar-refractivity contribution in [3.05, 3.63) is 0 Å². The largest absolute Gasteiger partial charge is 0.374 e. The lowest BCUT2D eigenvalue weighted by Crippen LogP contribution is -2.65. The van der Waals surface area contributed by atoms with Crippen LogP contribution < -0.4 is 0 Å². The molecular formula is C17H30O3. The minimum Gasteiger partial charge on any atom is -0.374 e. The number of rotatable bonds is 2. The first-order valence-corrected chi connectivity index (χ1v) is 8.43. The second kappa shape index (κ2) is 4.96. The van der Waals surface area contributed by atoms with Crippen LogP contribution in [0, 0.1) is 10.8 Å². The molecule has 0 aromatic heterocycles. The van der Waals surface area contributed by atoms with Crippen LogP contribution in [0.2, 0.25) is 0 Å². The molecule has 3 heteroatoms. The van der Waals surface area contributed by atoms with Crippen LogP contribution in [0.3, 0.4) is 0 Å². The fraction of sp³-hybridized carbons (Fsp3) is 1.00. The van der Waals surface area contributed by atoms with Gasteiger partial charge in [-0.05, 0) is 37.5 Å². The van der Waals surface area contributed by atoms with Gasteiger partial charge in [0, 0.05) is 11.8 Å². The van der Waals surface area contributed by atoms with E-state index in [2.05, 4.69) is 27.7 Å². The van der Waals surface area contributed by atoms with E-state index in [1.54, 1.807) is 0 Å². The van der Waals surface area contributed by atoms with Crippen molar-refractivity contribution in [1.29, 1.82) is 0 Å². The summed E-state index contributed by atoms with van der Waals surface area (Å²) in [6, 6.07) is 0. The molecule has 116 valence electrons. The van der Waals surface area contributed by atoms with Crippen LogP contribution in [0.1, 0.15) is 66.2 Å². The molecule has 3 fully saturated rings. The summed E-state index contributed by atoms with van der Waals surface area (Å²) in [4.78, 5) is 0. The van der Waals surface area contributed by atoms with Crippen LogP contribution in [0.5, 0.6) is 0 Å². The third-order valence-corrected chi connectivity index (χ3v) is 6.35. The van der Waals surface area contributed by atoms with Crippen molar-refractivity contribution < 1.29 is 14.2 Å². The van der Waals surface area contributed by atoms with Gasteiger partial charge in [-0.1, -0.05) is 27.7 Å². The van der Waals surface area contributed by atoms with E-state index >= 15 is 0 Å². The molecule has 0 bridgehead atoms. The zero-order chi connectivity index (χ0) is 14.4. The summed E-state index contributed by atoms with van der Waals surface area (Å²) in [7, 11) is 0. The van der Waals surface area contributed by atoms with E-state index in [0.29, 0.717) is 11.5 Å². The molecule has 0 N–H and O–H groups in total. The first-order valence-electron chi connectivity index (χ1n) is 8.43. The monoisotopic (exact) mass is 282 g/mol. The molecule has 3 aliphatic rings. The van der Waals surface area contributed by atoms with E-state index in [1.807, 2.05) is 0 Å². The Labute approximate surface area is 123 Å². The number of hydrogen-bond acceptors (Lipinski definition) is 3. The van der Waals surface area contributed by atoms with E-state index < -0.39 is 5.79 Å². The quantitative estimate of drug-likeness (QED) is 0.768. The molecule has 3 rings (SSSR count). The highest BCUT2D eigenvalue weighted by molar-refractivity contribution is 5.09. The van der Waals surface area contributed by atoms with Gasteiger partial charge in [0.1, 0.15) is 0 Å². The summed E-state index contributed by atoms with van der Waals surface area (Å²) >= 11 is 0. The van der Waals surface area contributed by atoms with Crippen LogP contribution in [-0.4, -0.2) is 31.2 Å². The molecule has 0 aromatic carbocycles. The fourth-order valence-corrected chi connectivity index (χ4v) is 4.92. The molecule has 0 aromatic rings. The predicted molar refractivity (Wildman–Crippen MR) is 78.6 cm³/mol. The Balaban J connectivity index is 1.94. The van der Waals surface area contributed by atoms with Crippen molar-refractivity contribution in [2.45, 2.75) is 84.2 Å². The fourth-order valence-electron chi connectivity index (χ4n) is 4.92. The zero-order valence-electron chi connectivity index (χ0n) is 13.5. The average molecular weight is 282 g/mol. The molecule has 3 atom stereocenters. The Bertz CT molecular complexity index is 359. The smallest absolute Gasteiger partial charge is 0.176 e. The second-order valence-corrected chi connectivity index (χ2v) is 7.47. The molecule has 1 spiro atoms. The average Bonchev–Trinajstić information content (AvgIpc) is 2.94. The first-order chi connectivity index (χ1) is 9.50. The zero-order valence-corrected chi connectivity index (χ0v) is 13.5. The van der Waals surface area contributed by atoms with Crippen molar-refractivity contribution in [3.8, 4) is 0 Å². The summed E-state index contributed by atoms with van der Waals surface area (Å²) < 4.78 is 18.8. The molecule has 3 nitrogen and oxygen atoms in total. The van der Waals surface area contributed by atoms with Gasteiger partial charge >= 0.3 is 0 Å². The Hall–Kier alpha value is -0.120. The minimum absolute atomic E-state index is 0.0778. The number of ether oxygens (including phenoxy) is 3. The van der Waals surface area contributed by atoms with E-state index in [4.69, 9.17) is 14.2 Å². The Morgan fingerprint density at radius 1 is 1.00 bits per heavy atom. The highest BCUT2D eigenvalue weighted by atomic mass is 16.7. The van der Waals surface area contributed by atoms with Crippen molar-refractivity contribution in [2.75, 3.05) is 13.2 Å². The second-order valence-electron chi connectivity index (χ2n) is 7.47. The highest BCUT2D eigenvalue weighted by Gasteiger charge is 2.64. The normalized spacial score (nSPS) is 42.6. The van der Waals surface area contributed by atoms with Gasteiger partial charge in [-0.3, -0.25) is 0 Å². The van der Waals surface area contributed by atoms with E-state index in [9.17, 15) is 0 Å². The van der Waals surface area contributed by atoms with Gasteiger partial charge in [-0.25, -0.2) is 0 Å². The summed E-state index contributed by atoms with van der Waals surface area (Å²) in [5, 5.41) is 0. The van der Waals surface area contributed by atoms with Gasteiger partial charge in [-0.2, -0.15) is 0 Å². The van der Waals surface area contributed by atoms with Crippen molar-refractivity contribution in [1.82, 2.24) is 0 Å². The summed E-state index contributed by atoms with van der Waals surface area (Å²) in [5.74, 6) is -0.411. The molecular weight excluding hydrogens is 252 g/mol. The van der Waals surface area contributed by atoms with Gasteiger partial charge in [0.15, 0.2) is 5.79 Å². The Morgan fingerprint density at radius 3 is 2.30 bits per heavy atom. The van der Waals surface area contributed by atoms with Crippen molar-refractivity contribution in [2.24, 2.45) is 10.8 Å². The van der Waals surface area contributed by atoms with Gasteiger partial charge < -0.3 is 14.2 Å². The molecule has 1 saturated carbocycles. The predicted octanol–water partition coefficient (Wildman–Crippen LogP) is 3.90. The van der Waals surface area contributed by atoms with Crippen molar-refractivity contribution >= 4 is 0 Å². The highest BCUT2D eigenvalue weighted by Crippen LogP contribution is 2.61. The SMILES string of the molecule is CC[C@H]1CC[C@@]2(CC)CCC3(OCCO3)C(C)(C)[C@@H]2O1. The molecule has 2 saturated heterocycles. The van der Waals surface area contributed by atoms with Crippen LogP contribution >= 0.6 is 0 Å². The van der Waals surface area contributed by atoms with E-state index in [1.165, 1.54) is 25.7 Å². The summed E-state index contributed by atoms with van der Waals surface area (Å²) in [5.41, 5.74) is 0.251. The third-order valence-electron chi connectivity index (χ3n) is 6.35. The summed E-state index contributed by atoms with van der Waals surface area (Å²) in [6.45, 7) is 10.6.